The zero-order valence-corrected chi connectivity index (χ0v) is 21.1. The number of benzene rings is 2. The topological polar surface area (TPSA) is 93.7 Å². The molecule has 2 aromatic carbocycles. The number of carbonyl (C=O) groups is 1. The molecule has 36 heavy (non-hydrogen) atoms. The first-order valence-electron chi connectivity index (χ1n) is 11.9. The van der Waals surface area contributed by atoms with E-state index in [1.54, 1.807) is 32.0 Å². The second kappa shape index (κ2) is 12.1. The molecular formula is C25H31F3N2O5S. The molecule has 0 aromatic heterocycles. The fourth-order valence-electron chi connectivity index (χ4n) is 3.97. The average Bonchev–Trinajstić information content (AvgIpc) is 3.25. The SMILES string of the molecule is CC(C)NS(=O)(=O)c1cc(C(=O)CCCCNCCc2ccccc2OC(F)(F)F)cc2c1OCC2. The molecule has 198 valence electrons. The summed E-state index contributed by atoms with van der Waals surface area (Å²) in [4.78, 5) is 12.8. The van der Waals surface area contributed by atoms with Gasteiger partial charge >= 0.3 is 6.36 Å². The number of hydrogen-bond donors (Lipinski definition) is 2. The highest BCUT2D eigenvalue weighted by Gasteiger charge is 2.32. The molecule has 11 heteroatoms. The van der Waals surface area contributed by atoms with Crippen molar-refractivity contribution in [3.05, 3.63) is 53.1 Å². The number of para-hydroxylation sites is 1. The zero-order chi connectivity index (χ0) is 26.3. The Bertz CT molecular complexity index is 1170. The van der Waals surface area contributed by atoms with Crippen LogP contribution in [-0.4, -0.2) is 46.3 Å². The molecule has 0 unspecified atom stereocenters. The Kier molecular flexibility index (Phi) is 9.37. The van der Waals surface area contributed by atoms with E-state index >= 15 is 0 Å². The van der Waals surface area contributed by atoms with Crippen LogP contribution in [0.5, 0.6) is 11.5 Å². The van der Waals surface area contributed by atoms with Crippen molar-refractivity contribution in [3.8, 4) is 11.5 Å². The van der Waals surface area contributed by atoms with Crippen LogP contribution in [0.15, 0.2) is 41.3 Å². The molecule has 7 nitrogen and oxygen atoms in total. The van der Waals surface area contributed by atoms with E-state index in [9.17, 15) is 26.4 Å². The van der Waals surface area contributed by atoms with Gasteiger partial charge in [0.05, 0.1) is 6.61 Å². The summed E-state index contributed by atoms with van der Waals surface area (Å²) in [5.74, 6) is -0.0443. The van der Waals surface area contributed by atoms with Gasteiger partial charge in [-0.2, -0.15) is 0 Å². The molecule has 0 saturated carbocycles. The second-order valence-corrected chi connectivity index (χ2v) is 10.6. The summed E-state index contributed by atoms with van der Waals surface area (Å²) >= 11 is 0. The predicted molar refractivity (Wildman–Crippen MR) is 129 cm³/mol. The maximum absolute atomic E-state index is 12.8. The Hall–Kier alpha value is -2.63. The lowest BCUT2D eigenvalue weighted by molar-refractivity contribution is -0.274. The van der Waals surface area contributed by atoms with Crippen LogP contribution in [-0.2, 0) is 22.9 Å². The molecule has 0 spiro atoms. The first-order chi connectivity index (χ1) is 17.0. The molecular weight excluding hydrogens is 497 g/mol. The van der Waals surface area contributed by atoms with E-state index in [2.05, 4.69) is 14.8 Å². The van der Waals surface area contributed by atoms with Gasteiger partial charge in [-0.3, -0.25) is 4.79 Å². The van der Waals surface area contributed by atoms with Crippen LogP contribution in [0.4, 0.5) is 13.2 Å². The quantitative estimate of drug-likeness (QED) is 0.296. The van der Waals surface area contributed by atoms with Crippen molar-refractivity contribution in [2.75, 3.05) is 19.7 Å². The first-order valence-corrected chi connectivity index (χ1v) is 13.3. The molecule has 2 N–H and O–H groups in total. The monoisotopic (exact) mass is 528 g/mol. The summed E-state index contributed by atoms with van der Waals surface area (Å²) in [6.45, 7) is 4.86. The van der Waals surface area contributed by atoms with Gasteiger partial charge in [-0.25, -0.2) is 13.1 Å². The van der Waals surface area contributed by atoms with Crippen LogP contribution in [0.2, 0.25) is 0 Å². The summed E-state index contributed by atoms with van der Waals surface area (Å²) in [5.41, 5.74) is 1.51. The van der Waals surface area contributed by atoms with E-state index < -0.39 is 16.4 Å². The highest BCUT2D eigenvalue weighted by atomic mass is 32.2. The Morgan fingerprint density at radius 2 is 1.89 bits per heavy atom. The number of ether oxygens (including phenoxy) is 2. The molecule has 1 aliphatic heterocycles. The summed E-state index contributed by atoms with van der Waals surface area (Å²) in [5, 5.41) is 3.17. The second-order valence-electron chi connectivity index (χ2n) is 8.87. The van der Waals surface area contributed by atoms with E-state index in [0.29, 0.717) is 67.8 Å². The number of carbonyl (C=O) groups excluding carboxylic acids is 1. The van der Waals surface area contributed by atoms with Crippen LogP contribution in [0.25, 0.3) is 0 Å². The lowest BCUT2D eigenvalue weighted by Gasteiger charge is -2.14. The van der Waals surface area contributed by atoms with Crippen LogP contribution in [0.3, 0.4) is 0 Å². The van der Waals surface area contributed by atoms with Gasteiger partial charge in [0.2, 0.25) is 10.0 Å². The molecule has 3 rings (SSSR count). The van der Waals surface area contributed by atoms with Gasteiger partial charge < -0.3 is 14.8 Å². The van der Waals surface area contributed by atoms with E-state index in [0.717, 1.165) is 0 Å². The molecule has 0 amide bonds. The van der Waals surface area contributed by atoms with Crippen molar-refractivity contribution >= 4 is 15.8 Å². The number of Topliss-reactive ketones (excluding diaryl/α,β-unsaturated/α-hetero) is 1. The number of halogens is 3. The molecule has 0 atom stereocenters. The number of alkyl halides is 3. The van der Waals surface area contributed by atoms with E-state index in [-0.39, 0.29) is 28.9 Å². The summed E-state index contributed by atoms with van der Waals surface area (Å²) in [6.07, 6.45) is -2.32. The first kappa shape index (κ1) is 27.9. The van der Waals surface area contributed by atoms with E-state index in [1.165, 1.54) is 18.2 Å². The van der Waals surface area contributed by atoms with Crippen molar-refractivity contribution in [1.29, 1.82) is 0 Å². The van der Waals surface area contributed by atoms with E-state index in [4.69, 9.17) is 4.74 Å². The Balaban J connectivity index is 1.48. The van der Waals surface area contributed by atoms with Crippen molar-refractivity contribution in [2.24, 2.45) is 0 Å². The predicted octanol–water partition coefficient (Wildman–Crippen LogP) is 4.39. The maximum atomic E-state index is 12.8. The smallest absolute Gasteiger partial charge is 0.492 e. The Morgan fingerprint density at radius 1 is 1.14 bits per heavy atom. The Labute approximate surface area is 209 Å². The van der Waals surface area contributed by atoms with Crippen molar-refractivity contribution in [1.82, 2.24) is 10.0 Å². The molecule has 2 aromatic rings. The van der Waals surface area contributed by atoms with Gasteiger partial charge in [-0.15, -0.1) is 13.2 Å². The summed E-state index contributed by atoms with van der Waals surface area (Å²) < 4.78 is 75.2. The number of sulfonamides is 1. The minimum atomic E-state index is -4.74. The van der Waals surface area contributed by atoms with Crippen LogP contribution in [0.1, 0.15) is 54.6 Å². The van der Waals surface area contributed by atoms with Gasteiger partial charge in [0.25, 0.3) is 0 Å². The number of hydrogen-bond acceptors (Lipinski definition) is 6. The third-order valence-electron chi connectivity index (χ3n) is 5.53. The summed E-state index contributed by atoms with van der Waals surface area (Å²) in [6, 6.07) is 8.81. The third kappa shape index (κ3) is 7.94. The number of fused-ring (bicyclic) bond motifs is 1. The largest absolute Gasteiger partial charge is 0.573 e. The van der Waals surface area contributed by atoms with Crippen LogP contribution < -0.4 is 19.5 Å². The van der Waals surface area contributed by atoms with Gasteiger partial charge in [0.15, 0.2) is 5.78 Å². The normalized spacial score (nSPS) is 13.5. The van der Waals surface area contributed by atoms with Gasteiger partial charge in [-0.05, 0) is 75.5 Å². The number of unbranched alkanes of at least 4 members (excludes halogenated alkanes) is 1. The van der Waals surface area contributed by atoms with Crippen LogP contribution >= 0.6 is 0 Å². The summed E-state index contributed by atoms with van der Waals surface area (Å²) in [7, 11) is -3.82. The molecule has 1 aliphatic rings. The molecule has 0 bridgehead atoms. The maximum Gasteiger partial charge on any atom is 0.573 e. The highest BCUT2D eigenvalue weighted by molar-refractivity contribution is 7.89. The lowest BCUT2D eigenvalue weighted by Crippen LogP contribution is -2.30. The van der Waals surface area contributed by atoms with Crippen LogP contribution in [0, 0.1) is 0 Å². The highest BCUT2D eigenvalue weighted by Crippen LogP contribution is 2.35. The molecule has 0 aliphatic carbocycles. The fourth-order valence-corrected chi connectivity index (χ4v) is 5.43. The zero-order valence-electron chi connectivity index (χ0n) is 20.3. The average molecular weight is 529 g/mol. The number of nitrogens with one attached hydrogen (secondary N) is 2. The van der Waals surface area contributed by atoms with Crippen molar-refractivity contribution in [2.45, 2.75) is 63.3 Å². The fraction of sp³-hybridized carbons (Fsp3) is 0.480. The van der Waals surface area contributed by atoms with Gasteiger partial charge in [0, 0.05) is 24.4 Å². The minimum absolute atomic E-state index is 0.00833. The number of rotatable bonds is 13. The van der Waals surface area contributed by atoms with Gasteiger partial charge in [0.1, 0.15) is 16.4 Å². The van der Waals surface area contributed by atoms with E-state index in [1.807, 2.05) is 0 Å². The Morgan fingerprint density at radius 3 is 2.61 bits per heavy atom. The molecule has 0 fully saturated rings. The minimum Gasteiger partial charge on any atom is -0.492 e. The lowest BCUT2D eigenvalue weighted by atomic mass is 10.0. The van der Waals surface area contributed by atoms with Crippen molar-refractivity contribution < 1.29 is 35.9 Å². The van der Waals surface area contributed by atoms with Crippen molar-refractivity contribution in [3.63, 3.8) is 0 Å². The third-order valence-corrected chi connectivity index (χ3v) is 7.19. The van der Waals surface area contributed by atoms with Gasteiger partial charge in [-0.1, -0.05) is 18.2 Å². The molecule has 0 radical (unpaired) electrons. The standard InChI is InChI=1S/C25H31F3N2O5S/c1-17(2)30-36(32,33)23-16-20(15-19-11-14-34-24(19)23)21(31)8-5-6-12-29-13-10-18-7-3-4-9-22(18)35-25(26,27)28/h3-4,7,9,15-17,29-30H,5-6,8,10-14H2,1-2H3. The molecule has 1 heterocycles. The number of ketones is 1. The molecule has 0 saturated heterocycles.